The van der Waals surface area contributed by atoms with Crippen LogP contribution in [0.2, 0.25) is 0 Å². The van der Waals surface area contributed by atoms with Crippen LogP contribution in [0.25, 0.3) is 0 Å². The van der Waals surface area contributed by atoms with Gasteiger partial charge in [-0.15, -0.1) is 0 Å². The molecule has 0 radical (unpaired) electrons. The molecule has 9 heteroatoms. The second kappa shape index (κ2) is 6.11. The molecule has 124 valence electrons. The standard InChI is InChI=1S/C15H15N5O4/c1-19-8-9(7-16-19)20-6-5-11(14(20)22)18-13(21)10-3-2-4-12(17-10)15(23)24/h2-4,7-8,11H,5-6H2,1H3,(H,18,21)(H,23,24). The summed E-state index contributed by atoms with van der Waals surface area (Å²) in [6.07, 6.45) is 3.76. The summed E-state index contributed by atoms with van der Waals surface area (Å²) in [4.78, 5) is 40.9. The van der Waals surface area contributed by atoms with Gasteiger partial charge in [-0.25, -0.2) is 9.78 Å². The lowest BCUT2D eigenvalue weighted by Crippen LogP contribution is -2.41. The molecule has 1 aliphatic heterocycles. The molecule has 0 aromatic carbocycles. The molecular weight excluding hydrogens is 314 g/mol. The molecule has 3 rings (SSSR count). The molecule has 1 unspecified atom stereocenters. The van der Waals surface area contributed by atoms with E-state index in [0.717, 1.165) is 0 Å². The zero-order valence-electron chi connectivity index (χ0n) is 12.8. The first-order valence-corrected chi connectivity index (χ1v) is 7.27. The predicted molar refractivity (Wildman–Crippen MR) is 82.6 cm³/mol. The van der Waals surface area contributed by atoms with E-state index in [4.69, 9.17) is 5.11 Å². The van der Waals surface area contributed by atoms with Crippen LogP contribution in [0.1, 0.15) is 27.4 Å². The number of hydrogen-bond acceptors (Lipinski definition) is 5. The highest BCUT2D eigenvalue weighted by atomic mass is 16.4. The van der Waals surface area contributed by atoms with Gasteiger partial charge in [0.15, 0.2) is 0 Å². The third kappa shape index (κ3) is 2.96. The number of aryl methyl sites for hydroxylation is 1. The van der Waals surface area contributed by atoms with Crippen molar-refractivity contribution in [2.24, 2.45) is 7.05 Å². The molecule has 0 aliphatic carbocycles. The summed E-state index contributed by atoms with van der Waals surface area (Å²) in [6, 6.07) is 3.46. The van der Waals surface area contributed by atoms with Crippen LogP contribution in [0.4, 0.5) is 5.69 Å². The van der Waals surface area contributed by atoms with Crippen LogP contribution in [-0.2, 0) is 11.8 Å². The normalized spacial score (nSPS) is 17.1. The Morgan fingerprint density at radius 1 is 1.33 bits per heavy atom. The molecule has 2 aromatic heterocycles. The molecule has 24 heavy (non-hydrogen) atoms. The zero-order valence-corrected chi connectivity index (χ0v) is 12.8. The van der Waals surface area contributed by atoms with Gasteiger partial charge in [-0.1, -0.05) is 6.07 Å². The summed E-state index contributed by atoms with van der Waals surface area (Å²) in [6.45, 7) is 0.470. The van der Waals surface area contributed by atoms with Gasteiger partial charge >= 0.3 is 5.97 Å². The van der Waals surface area contributed by atoms with Crippen LogP contribution in [-0.4, -0.2) is 50.2 Å². The molecule has 0 bridgehead atoms. The van der Waals surface area contributed by atoms with Gasteiger partial charge in [0, 0.05) is 19.8 Å². The largest absolute Gasteiger partial charge is 0.477 e. The van der Waals surface area contributed by atoms with Gasteiger partial charge in [0.25, 0.3) is 5.91 Å². The van der Waals surface area contributed by atoms with E-state index in [-0.39, 0.29) is 17.3 Å². The number of hydrogen-bond donors (Lipinski definition) is 2. The topological polar surface area (TPSA) is 117 Å². The quantitative estimate of drug-likeness (QED) is 0.818. The first-order valence-electron chi connectivity index (χ1n) is 7.27. The van der Waals surface area contributed by atoms with Crippen molar-refractivity contribution in [3.8, 4) is 0 Å². The molecule has 1 aliphatic rings. The van der Waals surface area contributed by atoms with Crippen LogP contribution >= 0.6 is 0 Å². The Morgan fingerprint density at radius 2 is 2.08 bits per heavy atom. The number of pyridine rings is 1. The van der Waals surface area contributed by atoms with Gasteiger partial charge < -0.3 is 15.3 Å². The fourth-order valence-electron chi connectivity index (χ4n) is 2.53. The number of aromatic nitrogens is 3. The number of amides is 2. The molecule has 1 fully saturated rings. The Labute approximate surface area is 136 Å². The number of nitrogens with zero attached hydrogens (tertiary/aromatic N) is 4. The number of carbonyl (C=O) groups excluding carboxylic acids is 2. The van der Waals surface area contributed by atoms with Crippen molar-refractivity contribution in [2.45, 2.75) is 12.5 Å². The summed E-state index contributed by atoms with van der Waals surface area (Å²) in [5.74, 6) is -2.03. The van der Waals surface area contributed by atoms with E-state index in [2.05, 4.69) is 15.4 Å². The Morgan fingerprint density at radius 3 is 2.75 bits per heavy atom. The van der Waals surface area contributed by atoms with Crippen LogP contribution in [0.5, 0.6) is 0 Å². The number of carboxylic acid groups (broad SMARTS) is 1. The third-order valence-electron chi connectivity index (χ3n) is 3.71. The van der Waals surface area contributed by atoms with Crippen molar-refractivity contribution in [1.82, 2.24) is 20.1 Å². The van der Waals surface area contributed by atoms with E-state index in [1.807, 2.05) is 0 Å². The van der Waals surface area contributed by atoms with Gasteiger partial charge in [-0.3, -0.25) is 14.3 Å². The van der Waals surface area contributed by atoms with Crippen LogP contribution in [0.3, 0.4) is 0 Å². The monoisotopic (exact) mass is 329 g/mol. The van der Waals surface area contributed by atoms with E-state index >= 15 is 0 Å². The fourth-order valence-corrected chi connectivity index (χ4v) is 2.53. The summed E-state index contributed by atoms with van der Waals surface area (Å²) >= 11 is 0. The van der Waals surface area contributed by atoms with Crippen molar-refractivity contribution in [3.05, 3.63) is 42.0 Å². The first-order chi connectivity index (χ1) is 11.5. The minimum absolute atomic E-state index is 0.0393. The lowest BCUT2D eigenvalue weighted by atomic mass is 10.2. The van der Waals surface area contributed by atoms with Gasteiger partial charge in [0.1, 0.15) is 17.4 Å². The molecule has 1 atom stereocenters. The van der Waals surface area contributed by atoms with Crippen molar-refractivity contribution in [1.29, 1.82) is 0 Å². The van der Waals surface area contributed by atoms with Crippen LogP contribution < -0.4 is 10.2 Å². The average molecular weight is 329 g/mol. The summed E-state index contributed by atoms with van der Waals surface area (Å²) in [5.41, 5.74) is 0.408. The lowest BCUT2D eigenvalue weighted by molar-refractivity contribution is -0.118. The highest BCUT2D eigenvalue weighted by molar-refractivity contribution is 6.03. The summed E-state index contributed by atoms with van der Waals surface area (Å²) in [5, 5.41) is 15.5. The Hall–Kier alpha value is -3.23. The Bertz CT molecular complexity index is 816. The average Bonchev–Trinajstić information content (AvgIpc) is 3.14. The maximum atomic E-state index is 12.4. The SMILES string of the molecule is Cn1cc(N2CCC(NC(=O)c3cccc(C(=O)O)n3)C2=O)cn1. The molecule has 2 N–H and O–H groups in total. The van der Waals surface area contributed by atoms with Crippen LogP contribution in [0, 0.1) is 0 Å². The van der Waals surface area contributed by atoms with E-state index in [0.29, 0.717) is 18.7 Å². The molecular formula is C15H15N5O4. The van der Waals surface area contributed by atoms with Crippen molar-refractivity contribution < 1.29 is 19.5 Å². The molecule has 1 saturated heterocycles. The lowest BCUT2D eigenvalue weighted by Gasteiger charge is -2.15. The molecule has 2 aromatic rings. The molecule has 0 spiro atoms. The maximum Gasteiger partial charge on any atom is 0.354 e. The molecule has 3 heterocycles. The van der Waals surface area contributed by atoms with Crippen molar-refractivity contribution >= 4 is 23.5 Å². The molecule has 9 nitrogen and oxygen atoms in total. The van der Waals surface area contributed by atoms with E-state index in [1.165, 1.54) is 18.2 Å². The number of carbonyl (C=O) groups is 3. The number of anilines is 1. The predicted octanol–water partition coefficient (Wildman–Crippen LogP) is 0.0486. The Kier molecular flexibility index (Phi) is 3.98. The number of rotatable bonds is 4. The van der Waals surface area contributed by atoms with E-state index in [1.54, 1.807) is 29.0 Å². The van der Waals surface area contributed by atoms with Gasteiger partial charge in [-0.05, 0) is 18.6 Å². The highest BCUT2D eigenvalue weighted by Crippen LogP contribution is 2.20. The van der Waals surface area contributed by atoms with Crippen molar-refractivity contribution in [2.75, 3.05) is 11.4 Å². The molecule has 0 saturated carbocycles. The third-order valence-corrected chi connectivity index (χ3v) is 3.71. The maximum absolute atomic E-state index is 12.4. The molecule has 2 amide bonds. The Balaban J connectivity index is 1.70. The second-order valence-electron chi connectivity index (χ2n) is 5.39. The van der Waals surface area contributed by atoms with Crippen LogP contribution in [0.15, 0.2) is 30.6 Å². The first kappa shape index (κ1) is 15.7. The minimum Gasteiger partial charge on any atom is -0.477 e. The van der Waals surface area contributed by atoms with Gasteiger partial charge in [-0.2, -0.15) is 5.10 Å². The van der Waals surface area contributed by atoms with Gasteiger partial charge in [0.2, 0.25) is 5.91 Å². The highest BCUT2D eigenvalue weighted by Gasteiger charge is 2.34. The summed E-state index contributed by atoms with van der Waals surface area (Å²) < 4.78 is 1.59. The van der Waals surface area contributed by atoms with Crippen molar-refractivity contribution in [3.63, 3.8) is 0 Å². The minimum atomic E-state index is -1.22. The van der Waals surface area contributed by atoms with E-state index in [9.17, 15) is 14.4 Å². The summed E-state index contributed by atoms with van der Waals surface area (Å²) in [7, 11) is 1.75. The number of nitrogens with one attached hydrogen (secondary N) is 1. The fraction of sp³-hybridized carbons (Fsp3) is 0.267. The zero-order chi connectivity index (χ0) is 17.3. The number of carboxylic acids is 1. The van der Waals surface area contributed by atoms with E-state index < -0.39 is 17.9 Å². The second-order valence-corrected chi connectivity index (χ2v) is 5.39. The number of aromatic carboxylic acids is 1. The smallest absolute Gasteiger partial charge is 0.354 e. The van der Waals surface area contributed by atoms with Gasteiger partial charge in [0.05, 0.1) is 11.9 Å².